The van der Waals surface area contributed by atoms with Gasteiger partial charge in [-0.3, -0.25) is 4.79 Å². The fraction of sp³-hybridized carbons (Fsp3) is 0.562. The van der Waals surface area contributed by atoms with Crippen molar-refractivity contribution in [1.82, 2.24) is 0 Å². The molecule has 5 heteroatoms. The Bertz CT molecular complexity index is 470. The lowest BCUT2D eigenvalue weighted by Gasteiger charge is -2.16. The molecule has 1 aliphatic rings. The number of carbonyl (C=O) groups is 1. The van der Waals surface area contributed by atoms with Crippen molar-refractivity contribution in [3.05, 3.63) is 24.3 Å². The number of ether oxygens (including phenoxy) is 2. The molecular formula is C16H24N2O3. The van der Waals surface area contributed by atoms with Gasteiger partial charge in [0, 0.05) is 18.4 Å². The lowest BCUT2D eigenvalue weighted by molar-refractivity contribution is -0.118. The summed E-state index contributed by atoms with van der Waals surface area (Å²) in [5.41, 5.74) is 6.52. The van der Waals surface area contributed by atoms with Crippen LogP contribution in [0.1, 0.15) is 26.7 Å². The van der Waals surface area contributed by atoms with Crippen LogP contribution in [0.15, 0.2) is 24.3 Å². The van der Waals surface area contributed by atoms with Crippen LogP contribution in [-0.4, -0.2) is 31.3 Å². The number of rotatable bonds is 6. The number of hydrogen-bond acceptors (Lipinski definition) is 4. The van der Waals surface area contributed by atoms with Gasteiger partial charge in [0.2, 0.25) is 5.91 Å². The monoisotopic (exact) mass is 292 g/mol. The minimum Gasteiger partial charge on any atom is -0.491 e. The van der Waals surface area contributed by atoms with Crippen LogP contribution >= 0.6 is 0 Å². The van der Waals surface area contributed by atoms with Crippen LogP contribution in [0.25, 0.3) is 0 Å². The first-order chi connectivity index (χ1) is 10.1. The van der Waals surface area contributed by atoms with Crippen LogP contribution in [0.2, 0.25) is 0 Å². The van der Waals surface area contributed by atoms with E-state index in [4.69, 9.17) is 15.2 Å². The van der Waals surface area contributed by atoms with Gasteiger partial charge in [0.05, 0.1) is 12.1 Å². The number of anilines is 1. The zero-order valence-corrected chi connectivity index (χ0v) is 12.7. The van der Waals surface area contributed by atoms with Gasteiger partial charge in [-0.15, -0.1) is 0 Å². The fourth-order valence-electron chi connectivity index (χ4n) is 2.16. The molecule has 21 heavy (non-hydrogen) atoms. The average Bonchev–Trinajstić information content (AvgIpc) is 2.98. The summed E-state index contributed by atoms with van der Waals surface area (Å²) in [7, 11) is 0. The Labute approximate surface area is 125 Å². The molecular weight excluding hydrogens is 268 g/mol. The zero-order chi connectivity index (χ0) is 15.2. The van der Waals surface area contributed by atoms with Crippen LogP contribution in [0, 0.1) is 5.92 Å². The first-order valence-electron chi connectivity index (χ1n) is 7.47. The average molecular weight is 292 g/mol. The van der Waals surface area contributed by atoms with Crippen molar-refractivity contribution in [1.29, 1.82) is 0 Å². The highest BCUT2D eigenvalue weighted by atomic mass is 16.5. The summed E-state index contributed by atoms with van der Waals surface area (Å²) in [6.07, 6.45) is 2.31. The standard InChI is InChI=1S/C16H24N2O3/c1-11(2)15(17)16(19)18-12-5-3-6-13(9-12)21-10-14-7-4-8-20-14/h3,5-6,9,11,14-15H,4,7-8,10,17H2,1-2H3,(H,18,19)/t14?,15-/m0/s1. The maximum Gasteiger partial charge on any atom is 0.241 e. The van der Waals surface area contributed by atoms with Crippen molar-refractivity contribution in [3.8, 4) is 5.75 Å². The molecule has 0 radical (unpaired) electrons. The van der Waals surface area contributed by atoms with Gasteiger partial charge in [-0.05, 0) is 30.9 Å². The maximum atomic E-state index is 11.9. The second-order valence-electron chi connectivity index (χ2n) is 5.73. The van der Waals surface area contributed by atoms with E-state index in [2.05, 4.69) is 5.32 Å². The third-order valence-electron chi connectivity index (χ3n) is 3.58. The Hall–Kier alpha value is -1.59. The molecule has 1 saturated heterocycles. The fourth-order valence-corrected chi connectivity index (χ4v) is 2.16. The van der Waals surface area contributed by atoms with Crippen molar-refractivity contribution in [2.24, 2.45) is 11.7 Å². The van der Waals surface area contributed by atoms with E-state index in [-0.39, 0.29) is 17.9 Å². The molecule has 5 nitrogen and oxygen atoms in total. The highest BCUT2D eigenvalue weighted by Crippen LogP contribution is 2.20. The Morgan fingerprint density at radius 2 is 2.33 bits per heavy atom. The molecule has 1 fully saturated rings. The quantitative estimate of drug-likeness (QED) is 0.842. The van der Waals surface area contributed by atoms with E-state index >= 15 is 0 Å². The minimum absolute atomic E-state index is 0.101. The van der Waals surface area contributed by atoms with Gasteiger partial charge < -0.3 is 20.5 Å². The molecule has 2 rings (SSSR count). The highest BCUT2D eigenvalue weighted by molar-refractivity contribution is 5.94. The van der Waals surface area contributed by atoms with Gasteiger partial charge in [-0.25, -0.2) is 0 Å². The summed E-state index contributed by atoms with van der Waals surface area (Å²) in [5, 5.41) is 2.82. The second kappa shape index (κ2) is 7.43. The van der Waals surface area contributed by atoms with Gasteiger partial charge >= 0.3 is 0 Å². The number of carbonyl (C=O) groups excluding carboxylic acids is 1. The smallest absolute Gasteiger partial charge is 0.241 e. The Morgan fingerprint density at radius 1 is 1.52 bits per heavy atom. The summed E-state index contributed by atoms with van der Waals surface area (Å²) in [6, 6.07) is 6.83. The summed E-state index contributed by atoms with van der Waals surface area (Å²) in [6.45, 7) is 5.21. The third-order valence-corrected chi connectivity index (χ3v) is 3.58. The largest absolute Gasteiger partial charge is 0.491 e. The maximum absolute atomic E-state index is 11.9. The van der Waals surface area contributed by atoms with Gasteiger partial charge in [-0.1, -0.05) is 19.9 Å². The van der Waals surface area contributed by atoms with Crippen LogP contribution in [0.4, 0.5) is 5.69 Å². The molecule has 3 N–H and O–H groups in total. The highest BCUT2D eigenvalue weighted by Gasteiger charge is 2.18. The molecule has 0 spiro atoms. The molecule has 1 heterocycles. The predicted molar refractivity (Wildman–Crippen MR) is 82.4 cm³/mol. The number of nitrogens with two attached hydrogens (primary N) is 1. The lowest BCUT2D eigenvalue weighted by atomic mass is 10.0. The first kappa shape index (κ1) is 15.8. The molecule has 1 unspecified atom stereocenters. The summed E-state index contributed by atoms with van der Waals surface area (Å²) >= 11 is 0. The topological polar surface area (TPSA) is 73.6 Å². The van der Waals surface area contributed by atoms with Gasteiger partial charge in [0.1, 0.15) is 12.4 Å². The number of amides is 1. The SMILES string of the molecule is CC(C)[C@H](N)C(=O)Nc1cccc(OCC2CCCO2)c1. The number of nitrogens with one attached hydrogen (secondary N) is 1. The Balaban J connectivity index is 1.89. The van der Waals surface area contributed by atoms with E-state index in [9.17, 15) is 4.79 Å². The van der Waals surface area contributed by atoms with Crippen LogP contribution in [0.3, 0.4) is 0 Å². The van der Waals surface area contributed by atoms with Crippen molar-refractivity contribution < 1.29 is 14.3 Å². The van der Waals surface area contributed by atoms with E-state index in [1.54, 1.807) is 6.07 Å². The first-order valence-corrected chi connectivity index (χ1v) is 7.47. The van der Waals surface area contributed by atoms with Crippen molar-refractivity contribution >= 4 is 11.6 Å². The molecule has 0 aliphatic carbocycles. The summed E-state index contributed by atoms with van der Waals surface area (Å²) in [5.74, 6) is 0.645. The van der Waals surface area contributed by atoms with E-state index < -0.39 is 6.04 Å². The summed E-state index contributed by atoms with van der Waals surface area (Å²) in [4.78, 5) is 11.9. The summed E-state index contributed by atoms with van der Waals surface area (Å²) < 4.78 is 11.2. The van der Waals surface area contributed by atoms with Gasteiger partial charge in [0.15, 0.2) is 0 Å². The predicted octanol–water partition coefficient (Wildman–Crippen LogP) is 2.17. The Kier molecular flexibility index (Phi) is 5.59. The molecule has 1 aromatic carbocycles. The van der Waals surface area contributed by atoms with E-state index in [0.29, 0.717) is 12.3 Å². The molecule has 1 amide bonds. The zero-order valence-electron chi connectivity index (χ0n) is 12.7. The van der Waals surface area contributed by atoms with Crippen molar-refractivity contribution in [2.45, 2.75) is 38.8 Å². The molecule has 2 atom stereocenters. The van der Waals surface area contributed by atoms with Crippen LogP contribution < -0.4 is 15.8 Å². The van der Waals surface area contributed by atoms with Gasteiger partial charge in [0.25, 0.3) is 0 Å². The number of hydrogen-bond donors (Lipinski definition) is 2. The van der Waals surface area contributed by atoms with Crippen molar-refractivity contribution in [3.63, 3.8) is 0 Å². The van der Waals surface area contributed by atoms with Crippen molar-refractivity contribution in [2.75, 3.05) is 18.5 Å². The molecule has 1 aromatic rings. The van der Waals surface area contributed by atoms with E-state index in [0.717, 1.165) is 25.2 Å². The second-order valence-corrected chi connectivity index (χ2v) is 5.73. The molecule has 0 saturated carbocycles. The molecule has 116 valence electrons. The van der Waals surface area contributed by atoms with Crippen LogP contribution in [0.5, 0.6) is 5.75 Å². The van der Waals surface area contributed by atoms with E-state index in [1.165, 1.54) is 0 Å². The third kappa shape index (κ3) is 4.72. The molecule has 1 aliphatic heterocycles. The minimum atomic E-state index is -0.513. The lowest BCUT2D eigenvalue weighted by Crippen LogP contribution is -2.39. The van der Waals surface area contributed by atoms with E-state index in [1.807, 2.05) is 32.0 Å². The van der Waals surface area contributed by atoms with Crippen LogP contribution in [-0.2, 0) is 9.53 Å². The molecule has 0 aromatic heterocycles. The normalized spacial score (nSPS) is 19.5. The molecule has 0 bridgehead atoms. The number of benzene rings is 1. The van der Waals surface area contributed by atoms with Gasteiger partial charge in [-0.2, -0.15) is 0 Å². The Morgan fingerprint density at radius 3 is 3.00 bits per heavy atom.